The van der Waals surface area contributed by atoms with Crippen LogP contribution in [0, 0.1) is 29.0 Å². The van der Waals surface area contributed by atoms with Gasteiger partial charge in [-0.2, -0.15) is 5.26 Å². The van der Waals surface area contributed by atoms with E-state index in [4.69, 9.17) is 9.47 Å². The molecule has 6 rings (SSSR count). The summed E-state index contributed by atoms with van der Waals surface area (Å²) < 4.78 is 26.5. The molecule has 2 bridgehead atoms. The fourth-order valence-corrected chi connectivity index (χ4v) is 8.17. The number of ether oxygens (including phenoxy) is 2. The number of anilines is 1. The molecular formula is C39H47FN4O6. The van der Waals surface area contributed by atoms with Crippen LogP contribution in [0.3, 0.4) is 0 Å². The molecule has 3 amide bonds. The van der Waals surface area contributed by atoms with Crippen LogP contribution >= 0.6 is 0 Å². The molecule has 3 heterocycles. The lowest BCUT2D eigenvalue weighted by Gasteiger charge is -2.37. The average molecular weight is 687 g/mol. The van der Waals surface area contributed by atoms with E-state index >= 15 is 4.39 Å². The molecule has 1 aliphatic carbocycles. The SMILES string of the molecule is CC(C)OC(=O)N1[C@@H]2CC[C@@H](C2)[C@H]1C(=O)C[C@H](C#N)Cc1ccc(-c2ccc3c(c2)CC(=O)N3C2CCN(C(=O)OC(C)(C)C)CC2)cc1F. The molecule has 2 aromatic rings. The largest absolute Gasteiger partial charge is 0.447 e. The Morgan fingerprint density at radius 1 is 0.980 bits per heavy atom. The predicted molar refractivity (Wildman–Crippen MR) is 185 cm³/mol. The summed E-state index contributed by atoms with van der Waals surface area (Å²) in [6, 6.07) is 12.2. The molecule has 50 heavy (non-hydrogen) atoms. The van der Waals surface area contributed by atoms with Crippen molar-refractivity contribution >= 4 is 29.6 Å². The number of benzene rings is 2. The van der Waals surface area contributed by atoms with E-state index in [-0.39, 0.29) is 61.2 Å². The van der Waals surface area contributed by atoms with E-state index in [0.717, 1.165) is 36.1 Å². The van der Waals surface area contributed by atoms with Crippen LogP contribution in [0.15, 0.2) is 36.4 Å². The number of rotatable bonds is 8. The van der Waals surface area contributed by atoms with E-state index in [1.54, 1.807) is 35.8 Å². The lowest BCUT2D eigenvalue weighted by atomic mass is 9.87. The second-order valence-corrected chi connectivity index (χ2v) is 15.5. The van der Waals surface area contributed by atoms with Gasteiger partial charge in [0.25, 0.3) is 0 Å². The highest BCUT2D eigenvalue weighted by molar-refractivity contribution is 6.02. The van der Waals surface area contributed by atoms with Crippen molar-refractivity contribution in [3.8, 4) is 17.2 Å². The summed E-state index contributed by atoms with van der Waals surface area (Å²) in [7, 11) is 0. The van der Waals surface area contributed by atoms with Crippen LogP contribution < -0.4 is 4.90 Å². The van der Waals surface area contributed by atoms with Crippen molar-refractivity contribution < 1.29 is 33.0 Å². The highest BCUT2D eigenvalue weighted by Gasteiger charge is 2.52. The van der Waals surface area contributed by atoms with Gasteiger partial charge in [0.2, 0.25) is 5.91 Å². The van der Waals surface area contributed by atoms with Crippen molar-refractivity contribution in [3.05, 3.63) is 53.3 Å². The molecule has 0 spiro atoms. The maximum Gasteiger partial charge on any atom is 0.410 e. The number of ketones is 1. The number of carbonyl (C=O) groups is 4. The molecule has 0 radical (unpaired) electrons. The van der Waals surface area contributed by atoms with Gasteiger partial charge in [-0.3, -0.25) is 14.5 Å². The van der Waals surface area contributed by atoms with Crippen molar-refractivity contribution in [2.75, 3.05) is 18.0 Å². The number of hydrogen-bond acceptors (Lipinski definition) is 7. The van der Waals surface area contributed by atoms with Gasteiger partial charge < -0.3 is 19.3 Å². The highest BCUT2D eigenvalue weighted by Crippen LogP contribution is 2.44. The number of piperidine rings is 2. The monoisotopic (exact) mass is 686 g/mol. The van der Waals surface area contributed by atoms with Crippen LogP contribution in [-0.2, 0) is 31.9 Å². The topological polar surface area (TPSA) is 120 Å². The van der Waals surface area contributed by atoms with Crippen LogP contribution in [0.4, 0.5) is 19.7 Å². The molecule has 0 unspecified atom stereocenters. The van der Waals surface area contributed by atoms with E-state index in [1.165, 1.54) is 6.07 Å². The molecule has 4 aliphatic rings. The fraction of sp³-hybridized carbons (Fsp3) is 0.564. The van der Waals surface area contributed by atoms with Gasteiger partial charge >= 0.3 is 12.2 Å². The Morgan fingerprint density at radius 3 is 2.34 bits per heavy atom. The Labute approximate surface area is 293 Å². The lowest BCUT2D eigenvalue weighted by molar-refractivity contribution is -0.126. The summed E-state index contributed by atoms with van der Waals surface area (Å²) >= 11 is 0. The van der Waals surface area contributed by atoms with Gasteiger partial charge in [0.15, 0.2) is 5.78 Å². The summed E-state index contributed by atoms with van der Waals surface area (Å²) in [6.45, 7) is 10.1. The Bertz CT molecular complexity index is 1700. The minimum absolute atomic E-state index is 0.0110. The van der Waals surface area contributed by atoms with Gasteiger partial charge in [-0.1, -0.05) is 18.2 Å². The van der Waals surface area contributed by atoms with E-state index in [1.807, 2.05) is 43.9 Å². The average Bonchev–Trinajstić information content (AvgIpc) is 3.76. The predicted octanol–water partition coefficient (Wildman–Crippen LogP) is 6.82. The number of Topliss-reactive ketones (excluding diaryl/α,β-unsaturated/α-hetero) is 1. The van der Waals surface area contributed by atoms with Crippen LogP contribution in [0.5, 0.6) is 0 Å². The molecule has 266 valence electrons. The molecule has 0 N–H and O–H groups in total. The molecule has 10 nitrogen and oxygen atoms in total. The van der Waals surface area contributed by atoms with E-state index in [2.05, 4.69) is 6.07 Å². The summed E-state index contributed by atoms with van der Waals surface area (Å²) in [4.78, 5) is 57.2. The molecule has 3 aliphatic heterocycles. The molecule has 3 fully saturated rings. The third-order valence-corrected chi connectivity index (χ3v) is 10.4. The molecule has 1 saturated carbocycles. The maximum atomic E-state index is 15.5. The van der Waals surface area contributed by atoms with Gasteiger partial charge in [-0.25, -0.2) is 14.0 Å². The minimum Gasteiger partial charge on any atom is -0.447 e. The Morgan fingerprint density at radius 2 is 1.68 bits per heavy atom. The van der Waals surface area contributed by atoms with Crippen molar-refractivity contribution in [2.24, 2.45) is 11.8 Å². The normalized spacial score (nSPS) is 22.5. The second kappa shape index (κ2) is 14.0. The Kier molecular flexibility index (Phi) is 9.93. The Balaban J connectivity index is 1.09. The number of nitriles is 1. The van der Waals surface area contributed by atoms with E-state index in [9.17, 15) is 24.4 Å². The second-order valence-electron chi connectivity index (χ2n) is 15.5. The molecular weight excluding hydrogens is 639 g/mol. The number of likely N-dealkylation sites (tertiary alicyclic amines) is 2. The third-order valence-electron chi connectivity index (χ3n) is 10.4. The highest BCUT2D eigenvalue weighted by atomic mass is 19.1. The zero-order chi connectivity index (χ0) is 35.9. The minimum atomic E-state index is -0.738. The number of nitrogens with zero attached hydrogens (tertiary/aromatic N) is 4. The number of amides is 3. The number of carbonyl (C=O) groups excluding carboxylic acids is 4. The first-order valence-corrected chi connectivity index (χ1v) is 17.9. The van der Waals surface area contributed by atoms with Crippen LogP contribution in [0.1, 0.15) is 84.3 Å². The number of hydrogen-bond donors (Lipinski definition) is 0. The van der Waals surface area contributed by atoms with Gasteiger partial charge in [-0.15, -0.1) is 0 Å². The van der Waals surface area contributed by atoms with Crippen LogP contribution in [0.2, 0.25) is 0 Å². The zero-order valence-corrected chi connectivity index (χ0v) is 29.6. The first kappa shape index (κ1) is 35.4. The molecule has 2 aromatic carbocycles. The number of halogens is 1. The fourth-order valence-electron chi connectivity index (χ4n) is 8.17. The zero-order valence-electron chi connectivity index (χ0n) is 29.6. The summed E-state index contributed by atoms with van der Waals surface area (Å²) in [6.07, 6.45) is 2.92. The molecule has 11 heteroatoms. The molecule has 2 saturated heterocycles. The summed E-state index contributed by atoms with van der Waals surface area (Å²) in [5, 5.41) is 9.95. The summed E-state index contributed by atoms with van der Waals surface area (Å²) in [5.74, 6) is -1.30. The first-order chi connectivity index (χ1) is 23.7. The van der Waals surface area contributed by atoms with Crippen LogP contribution in [0.25, 0.3) is 11.1 Å². The van der Waals surface area contributed by atoms with Gasteiger partial charge in [0.05, 0.1) is 30.6 Å². The quantitative estimate of drug-likeness (QED) is 0.299. The Hall–Kier alpha value is -4.46. The third kappa shape index (κ3) is 7.35. The molecule has 4 atom stereocenters. The van der Waals surface area contributed by atoms with Crippen molar-refractivity contribution in [1.29, 1.82) is 5.26 Å². The summed E-state index contributed by atoms with van der Waals surface area (Å²) in [5.41, 5.74) is 2.93. The van der Waals surface area contributed by atoms with E-state index < -0.39 is 29.5 Å². The van der Waals surface area contributed by atoms with Crippen molar-refractivity contribution in [2.45, 2.75) is 116 Å². The van der Waals surface area contributed by atoms with Crippen molar-refractivity contribution in [1.82, 2.24) is 9.80 Å². The first-order valence-electron chi connectivity index (χ1n) is 17.9. The maximum absolute atomic E-state index is 15.5. The van der Waals surface area contributed by atoms with Gasteiger partial charge in [0, 0.05) is 37.3 Å². The number of fused-ring (bicyclic) bond motifs is 3. The van der Waals surface area contributed by atoms with Gasteiger partial charge in [0.1, 0.15) is 11.4 Å². The lowest BCUT2D eigenvalue weighted by Crippen LogP contribution is -2.50. The smallest absolute Gasteiger partial charge is 0.410 e. The standard InChI is InChI=1S/C39H47FN4O6/c1-23(2)49-38(48)44-31-10-8-28(19-31)36(44)34(45)17-24(22-41)16-27-7-6-26(20-32(27)40)25-9-11-33-29(18-25)21-35(46)43(33)30-12-14-42(15-13-30)37(47)50-39(3,4)5/h6-7,9,11,18,20,23-24,28,30-31,36H,8,10,12-17,19,21H2,1-5H3/t24-,28+,31-,36+/m1/s1. The van der Waals surface area contributed by atoms with Gasteiger partial charge in [-0.05, 0) is 120 Å². The van der Waals surface area contributed by atoms with Crippen molar-refractivity contribution in [3.63, 3.8) is 0 Å². The van der Waals surface area contributed by atoms with E-state index in [0.29, 0.717) is 37.1 Å². The molecule has 0 aromatic heterocycles. The van der Waals surface area contributed by atoms with Crippen LogP contribution in [-0.4, -0.2) is 76.6 Å².